The molecule has 1 heterocycles. The molecule has 1 amide bonds. The van der Waals surface area contributed by atoms with E-state index >= 15 is 0 Å². The molecule has 1 aromatic carbocycles. The Balaban J connectivity index is 1.77. The average molecular weight is 327 g/mol. The summed E-state index contributed by atoms with van der Waals surface area (Å²) in [6.07, 6.45) is 5.91. The molecule has 0 spiro atoms. The fraction of sp³-hybridized carbons (Fsp3) is 0.526. The number of hydrazone groups is 1. The number of benzene rings is 1. The summed E-state index contributed by atoms with van der Waals surface area (Å²) in [6.45, 7) is 3.66. The van der Waals surface area contributed by atoms with Crippen LogP contribution in [-0.4, -0.2) is 29.0 Å². The van der Waals surface area contributed by atoms with Crippen LogP contribution in [0.4, 0.5) is 5.69 Å². The van der Waals surface area contributed by atoms with Crippen LogP contribution in [0.25, 0.3) is 0 Å². The number of nitrogens with one attached hydrogen (secondary N) is 1. The highest BCUT2D eigenvalue weighted by Crippen LogP contribution is 2.29. The van der Waals surface area contributed by atoms with Crippen molar-refractivity contribution < 1.29 is 9.59 Å². The van der Waals surface area contributed by atoms with E-state index in [0.29, 0.717) is 12.1 Å². The number of anilines is 1. The fourth-order valence-electron chi connectivity index (χ4n) is 3.59. The van der Waals surface area contributed by atoms with Crippen LogP contribution < -0.4 is 10.3 Å². The number of amides is 1. The van der Waals surface area contributed by atoms with Crippen molar-refractivity contribution in [2.75, 3.05) is 5.01 Å². The van der Waals surface area contributed by atoms with E-state index in [1.54, 1.807) is 11.9 Å². The van der Waals surface area contributed by atoms with E-state index in [2.05, 4.69) is 17.3 Å². The van der Waals surface area contributed by atoms with Gasteiger partial charge in [-0.15, -0.1) is 0 Å². The summed E-state index contributed by atoms with van der Waals surface area (Å²) in [5, 5.41) is 9.32. The maximum absolute atomic E-state index is 12.7. The molecule has 24 heavy (non-hydrogen) atoms. The molecule has 128 valence electrons. The number of hydrogen-bond donors (Lipinski definition) is 1. The minimum atomic E-state index is -0.396. The van der Waals surface area contributed by atoms with Gasteiger partial charge in [-0.1, -0.05) is 37.5 Å². The van der Waals surface area contributed by atoms with Crippen molar-refractivity contribution in [1.29, 1.82) is 0 Å². The third-order valence-electron chi connectivity index (χ3n) is 5.03. The van der Waals surface area contributed by atoms with Gasteiger partial charge in [0, 0.05) is 12.0 Å². The van der Waals surface area contributed by atoms with Crippen molar-refractivity contribution in [3.05, 3.63) is 30.3 Å². The second-order valence-electron chi connectivity index (χ2n) is 7.13. The van der Waals surface area contributed by atoms with Gasteiger partial charge in [-0.3, -0.25) is 14.6 Å². The van der Waals surface area contributed by atoms with Gasteiger partial charge in [-0.25, -0.2) is 0 Å². The van der Waals surface area contributed by atoms with Crippen molar-refractivity contribution >= 4 is 23.1 Å². The molecule has 0 saturated heterocycles. The van der Waals surface area contributed by atoms with Gasteiger partial charge < -0.3 is 5.32 Å². The molecule has 1 N–H and O–H groups in total. The Morgan fingerprint density at radius 3 is 2.46 bits per heavy atom. The summed E-state index contributed by atoms with van der Waals surface area (Å²) in [6, 6.07) is 9.15. The van der Waals surface area contributed by atoms with Crippen molar-refractivity contribution in [3.63, 3.8) is 0 Å². The third kappa shape index (κ3) is 3.50. The summed E-state index contributed by atoms with van der Waals surface area (Å²) in [4.78, 5) is 24.7. The number of rotatable bonds is 4. The highest BCUT2D eigenvalue weighted by Gasteiger charge is 2.36. The van der Waals surface area contributed by atoms with E-state index in [1.165, 1.54) is 6.42 Å². The Labute approximate surface area is 143 Å². The summed E-state index contributed by atoms with van der Waals surface area (Å²) in [5.74, 6) is -0.113. The van der Waals surface area contributed by atoms with E-state index < -0.39 is 6.04 Å². The molecule has 0 aromatic heterocycles. The smallest absolute Gasteiger partial charge is 0.268 e. The van der Waals surface area contributed by atoms with E-state index in [1.807, 2.05) is 30.3 Å². The number of hydrogen-bond acceptors (Lipinski definition) is 4. The first-order chi connectivity index (χ1) is 11.5. The number of nitrogens with zero attached hydrogens (tertiary/aromatic N) is 2. The summed E-state index contributed by atoms with van der Waals surface area (Å²) < 4.78 is 0. The van der Waals surface area contributed by atoms with Crippen LogP contribution in [0.15, 0.2) is 35.4 Å². The summed E-state index contributed by atoms with van der Waals surface area (Å²) in [7, 11) is 0. The van der Waals surface area contributed by atoms with Crippen LogP contribution >= 0.6 is 0 Å². The number of carbonyl (C=O) groups is 2. The van der Waals surface area contributed by atoms with E-state index in [-0.39, 0.29) is 17.2 Å². The molecule has 1 saturated carbocycles. The fourth-order valence-corrected chi connectivity index (χ4v) is 3.59. The van der Waals surface area contributed by atoms with Gasteiger partial charge in [0.1, 0.15) is 11.8 Å². The lowest BCUT2D eigenvalue weighted by Gasteiger charge is -2.34. The average Bonchev–Trinajstić information content (AvgIpc) is 3.02. The van der Waals surface area contributed by atoms with Gasteiger partial charge in [-0.2, -0.15) is 5.10 Å². The Bertz CT molecular complexity index is 648. The molecule has 1 aliphatic heterocycles. The highest BCUT2D eigenvalue weighted by molar-refractivity contribution is 6.40. The van der Waals surface area contributed by atoms with Crippen LogP contribution in [0.3, 0.4) is 0 Å². The standard InChI is InChI=1S/C19H25N3O2/c1-14(23)17-13-16(21-22(17)15-9-5-3-6-10-15)18(24)20-19(2)11-7-4-8-12-19/h3,5-6,9-10,17H,4,7-8,11-13H2,1-2H3,(H,20,24). The van der Waals surface area contributed by atoms with Gasteiger partial charge in [0.15, 0.2) is 5.78 Å². The molecule has 1 aromatic rings. The molecule has 3 rings (SSSR count). The zero-order valence-electron chi connectivity index (χ0n) is 14.4. The molecule has 0 bridgehead atoms. The Morgan fingerprint density at radius 1 is 1.17 bits per heavy atom. The predicted molar refractivity (Wildman–Crippen MR) is 95.1 cm³/mol. The number of ketones is 1. The van der Waals surface area contributed by atoms with Gasteiger partial charge in [-0.05, 0) is 38.8 Å². The van der Waals surface area contributed by atoms with Crippen molar-refractivity contribution in [3.8, 4) is 0 Å². The predicted octanol–water partition coefficient (Wildman–Crippen LogP) is 3.05. The molecule has 5 nitrogen and oxygen atoms in total. The quantitative estimate of drug-likeness (QED) is 0.924. The van der Waals surface area contributed by atoms with E-state index in [0.717, 1.165) is 31.4 Å². The molecular formula is C19H25N3O2. The van der Waals surface area contributed by atoms with Crippen LogP contribution in [-0.2, 0) is 9.59 Å². The Hall–Kier alpha value is -2.17. The molecule has 0 radical (unpaired) electrons. The van der Waals surface area contributed by atoms with Crippen LogP contribution in [0.1, 0.15) is 52.4 Å². The van der Waals surface area contributed by atoms with Crippen LogP contribution in [0, 0.1) is 0 Å². The normalized spacial score (nSPS) is 22.8. The van der Waals surface area contributed by atoms with E-state index in [4.69, 9.17) is 0 Å². The topological polar surface area (TPSA) is 61.8 Å². The lowest BCUT2D eigenvalue weighted by atomic mass is 9.83. The number of para-hydroxylation sites is 1. The first kappa shape index (κ1) is 16.7. The van der Waals surface area contributed by atoms with Gasteiger partial charge in [0.05, 0.1) is 5.69 Å². The van der Waals surface area contributed by atoms with Crippen molar-refractivity contribution in [1.82, 2.24) is 5.32 Å². The molecule has 1 unspecified atom stereocenters. The molecule has 1 atom stereocenters. The van der Waals surface area contributed by atoms with Crippen LogP contribution in [0.5, 0.6) is 0 Å². The van der Waals surface area contributed by atoms with Crippen LogP contribution in [0.2, 0.25) is 0 Å². The Kier molecular flexibility index (Phi) is 4.69. The molecular weight excluding hydrogens is 302 g/mol. The monoisotopic (exact) mass is 327 g/mol. The molecule has 1 fully saturated rings. The summed E-state index contributed by atoms with van der Waals surface area (Å²) in [5.41, 5.74) is 1.14. The first-order valence-corrected chi connectivity index (χ1v) is 8.73. The zero-order chi connectivity index (χ0) is 17.2. The minimum Gasteiger partial charge on any atom is -0.346 e. The lowest BCUT2D eigenvalue weighted by Crippen LogP contribution is -2.49. The summed E-state index contributed by atoms with van der Waals surface area (Å²) >= 11 is 0. The SMILES string of the molecule is CC(=O)C1CC(C(=O)NC2(C)CCCCC2)=NN1c1ccccc1. The maximum atomic E-state index is 12.7. The number of carbonyl (C=O) groups excluding carboxylic acids is 2. The third-order valence-corrected chi connectivity index (χ3v) is 5.03. The van der Waals surface area contributed by atoms with Gasteiger partial charge in [0.2, 0.25) is 0 Å². The first-order valence-electron chi connectivity index (χ1n) is 8.73. The second-order valence-corrected chi connectivity index (χ2v) is 7.13. The lowest BCUT2D eigenvalue weighted by molar-refractivity contribution is -0.118. The second kappa shape index (κ2) is 6.75. The van der Waals surface area contributed by atoms with Gasteiger partial charge >= 0.3 is 0 Å². The Morgan fingerprint density at radius 2 is 1.83 bits per heavy atom. The largest absolute Gasteiger partial charge is 0.346 e. The molecule has 2 aliphatic rings. The number of Topliss-reactive ketones (excluding diaryl/α,β-unsaturated/α-hetero) is 1. The molecule has 1 aliphatic carbocycles. The van der Waals surface area contributed by atoms with Crippen molar-refractivity contribution in [2.24, 2.45) is 5.10 Å². The molecule has 5 heteroatoms. The minimum absolute atomic E-state index is 0.0225. The van der Waals surface area contributed by atoms with E-state index in [9.17, 15) is 9.59 Å². The highest BCUT2D eigenvalue weighted by atomic mass is 16.2. The van der Waals surface area contributed by atoms with Crippen molar-refractivity contribution in [2.45, 2.75) is 64.0 Å². The maximum Gasteiger partial charge on any atom is 0.268 e. The van der Waals surface area contributed by atoms with Gasteiger partial charge in [0.25, 0.3) is 5.91 Å². The zero-order valence-corrected chi connectivity index (χ0v) is 14.4.